The molecule has 2 fully saturated rings. The molecule has 17 heavy (non-hydrogen) atoms. The maximum atomic E-state index is 4.26. The highest BCUT2D eigenvalue weighted by atomic mass is 15.2. The van der Waals surface area contributed by atoms with Gasteiger partial charge in [0.1, 0.15) is 0 Å². The lowest BCUT2D eigenvalue weighted by Crippen LogP contribution is -2.27. The van der Waals surface area contributed by atoms with Gasteiger partial charge in [0.05, 0.1) is 5.69 Å². The van der Waals surface area contributed by atoms with Crippen LogP contribution in [0, 0.1) is 5.92 Å². The molecule has 1 aliphatic carbocycles. The molecule has 1 aromatic heterocycles. The lowest BCUT2D eigenvalue weighted by atomic mass is 10.1. The molecular formula is C13H20N4. The lowest BCUT2D eigenvalue weighted by molar-refractivity contribution is 0.311. The van der Waals surface area contributed by atoms with Crippen molar-refractivity contribution < 1.29 is 0 Å². The summed E-state index contributed by atoms with van der Waals surface area (Å²) in [6, 6.07) is 0.931. The Kier molecular flexibility index (Phi) is 3.34. The number of aromatic nitrogens is 2. The zero-order valence-corrected chi connectivity index (χ0v) is 10.2. The summed E-state index contributed by atoms with van der Waals surface area (Å²) in [6.07, 6.45) is 9.51. The fraction of sp³-hybridized carbons (Fsp3) is 0.692. The second-order valence-electron chi connectivity index (χ2n) is 5.21. The molecule has 2 aliphatic rings. The number of nitrogens with zero attached hydrogens (tertiary/aromatic N) is 3. The van der Waals surface area contributed by atoms with Crippen molar-refractivity contribution in [2.75, 3.05) is 19.6 Å². The van der Waals surface area contributed by atoms with Crippen LogP contribution in [0.3, 0.4) is 0 Å². The third kappa shape index (κ3) is 3.01. The third-order valence-electron chi connectivity index (χ3n) is 3.74. The first kappa shape index (κ1) is 11.1. The van der Waals surface area contributed by atoms with Gasteiger partial charge in [-0.25, -0.2) is 0 Å². The summed E-state index contributed by atoms with van der Waals surface area (Å²) in [5.74, 6) is 0.826. The van der Waals surface area contributed by atoms with Gasteiger partial charge < -0.3 is 10.2 Å². The second-order valence-corrected chi connectivity index (χ2v) is 5.21. The minimum Gasteiger partial charge on any atom is -0.311 e. The van der Waals surface area contributed by atoms with Crippen molar-refractivity contribution in [3.63, 3.8) is 0 Å². The molecule has 0 aromatic carbocycles. The van der Waals surface area contributed by atoms with Gasteiger partial charge in [0.25, 0.3) is 0 Å². The Bertz CT molecular complexity index is 350. The topological polar surface area (TPSA) is 41.1 Å². The van der Waals surface area contributed by atoms with E-state index in [0.717, 1.165) is 30.7 Å². The molecule has 4 heteroatoms. The second kappa shape index (κ2) is 5.10. The predicted molar refractivity (Wildman–Crippen MR) is 66.4 cm³/mol. The van der Waals surface area contributed by atoms with Crippen LogP contribution in [0.1, 0.15) is 25.0 Å². The minimum absolute atomic E-state index is 0.826. The largest absolute Gasteiger partial charge is 0.311 e. The summed E-state index contributed by atoms with van der Waals surface area (Å²) in [4.78, 5) is 11.0. The van der Waals surface area contributed by atoms with E-state index in [9.17, 15) is 0 Å². The fourth-order valence-corrected chi connectivity index (χ4v) is 2.63. The molecule has 2 heterocycles. The van der Waals surface area contributed by atoms with Crippen molar-refractivity contribution in [3.8, 4) is 0 Å². The van der Waals surface area contributed by atoms with Crippen LogP contribution in [0.15, 0.2) is 18.6 Å². The first-order valence-electron chi connectivity index (χ1n) is 6.61. The van der Waals surface area contributed by atoms with Crippen LogP contribution in [-0.2, 0) is 6.54 Å². The van der Waals surface area contributed by atoms with E-state index >= 15 is 0 Å². The van der Waals surface area contributed by atoms with E-state index in [4.69, 9.17) is 0 Å². The first-order chi connectivity index (χ1) is 8.42. The van der Waals surface area contributed by atoms with Gasteiger partial charge in [-0.05, 0) is 38.3 Å². The summed E-state index contributed by atoms with van der Waals surface area (Å²) in [7, 11) is 0. The molecule has 1 aromatic rings. The van der Waals surface area contributed by atoms with Crippen molar-refractivity contribution in [1.82, 2.24) is 20.2 Å². The molecule has 0 bridgehead atoms. The molecule has 4 nitrogen and oxygen atoms in total. The van der Waals surface area contributed by atoms with Gasteiger partial charge in [-0.3, -0.25) is 9.97 Å². The molecule has 3 rings (SSSR count). The lowest BCUT2D eigenvalue weighted by Gasteiger charge is -2.15. The summed E-state index contributed by atoms with van der Waals surface area (Å²) in [5.41, 5.74) is 1.03. The van der Waals surface area contributed by atoms with Crippen LogP contribution in [0.4, 0.5) is 0 Å². The highest BCUT2D eigenvalue weighted by molar-refractivity contribution is 4.94. The number of hydrogen-bond donors (Lipinski definition) is 1. The SMILES string of the molecule is c1cnc(CNCC2CCN(C3CC3)C2)cn1. The van der Waals surface area contributed by atoms with Crippen LogP contribution in [0.2, 0.25) is 0 Å². The monoisotopic (exact) mass is 232 g/mol. The first-order valence-corrected chi connectivity index (χ1v) is 6.61. The van der Waals surface area contributed by atoms with Gasteiger partial charge in [-0.2, -0.15) is 0 Å². The van der Waals surface area contributed by atoms with E-state index in [2.05, 4.69) is 20.2 Å². The molecule has 0 amide bonds. The van der Waals surface area contributed by atoms with Crippen molar-refractivity contribution in [2.45, 2.75) is 31.8 Å². The van der Waals surface area contributed by atoms with Crippen molar-refractivity contribution in [3.05, 3.63) is 24.3 Å². The molecule has 0 radical (unpaired) electrons. The van der Waals surface area contributed by atoms with Gasteiger partial charge in [0, 0.05) is 37.7 Å². The van der Waals surface area contributed by atoms with E-state index in [1.807, 2.05) is 6.20 Å². The Morgan fingerprint density at radius 1 is 1.29 bits per heavy atom. The fourth-order valence-electron chi connectivity index (χ4n) is 2.63. The number of nitrogens with one attached hydrogen (secondary N) is 1. The molecular weight excluding hydrogens is 212 g/mol. The predicted octanol–water partition coefficient (Wildman–Crippen LogP) is 1.05. The summed E-state index contributed by atoms with van der Waals surface area (Å²) >= 11 is 0. The quantitative estimate of drug-likeness (QED) is 0.824. The molecule has 92 valence electrons. The van der Waals surface area contributed by atoms with Gasteiger partial charge in [0.2, 0.25) is 0 Å². The number of likely N-dealkylation sites (tertiary alicyclic amines) is 1. The van der Waals surface area contributed by atoms with Crippen molar-refractivity contribution in [1.29, 1.82) is 0 Å². The van der Waals surface area contributed by atoms with Gasteiger partial charge >= 0.3 is 0 Å². The van der Waals surface area contributed by atoms with E-state index in [1.54, 1.807) is 12.4 Å². The Balaban J connectivity index is 1.37. The molecule has 1 unspecified atom stereocenters. The van der Waals surface area contributed by atoms with E-state index in [-0.39, 0.29) is 0 Å². The molecule has 1 atom stereocenters. The number of hydrogen-bond acceptors (Lipinski definition) is 4. The summed E-state index contributed by atoms with van der Waals surface area (Å²) < 4.78 is 0. The van der Waals surface area contributed by atoms with Gasteiger partial charge in [-0.15, -0.1) is 0 Å². The maximum Gasteiger partial charge on any atom is 0.0724 e. The van der Waals surface area contributed by atoms with Crippen LogP contribution >= 0.6 is 0 Å². The standard InChI is InChI=1S/C13H20N4/c1-2-13(1)17-6-3-11(10-17)7-15-9-12-8-14-4-5-16-12/h4-5,8,11,13,15H,1-3,6-7,9-10H2. The Labute approximate surface area is 102 Å². The average Bonchev–Trinajstić information content (AvgIpc) is 3.11. The molecule has 1 aliphatic heterocycles. The zero-order chi connectivity index (χ0) is 11.5. The van der Waals surface area contributed by atoms with Crippen LogP contribution in [-0.4, -0.2) is 40.5 Å². The van der Waals surface area contributed by atoms with Gasteiger partial charge in [0.15, 0.2) is 0 Å². The Morgan fingerprint density at radius 3 is 3.00 bits per heavy atom. The van der Waals surface area contributed by atoms with Crippen LogP contribution < -0.4 is 5.32 Å². The maximum absolute atomic E-state index is 4.26. The smallest absolute Gasteiger partial charge is 0.0724 e. The third-order valence-corrected chi connectivity index (χ3v) is 3.74. The van der Waals surface area contributed by atoms with Crippen molar-refractivity contribution in [2.24, 2.45) is 5.92 Å². The molecule has 1 saturated heterocycles. The molecule has 1 saturated carbocycles. The Hall–Kier alpha value is -1.00. The van der Waals surface area contributed by atoms with Crippen LogP contribution in [0.5, 0.6) is 0 Å². The zero-order valence-electron chi connectivity index (χ0n) is 10.2. The molecule has 1 N–H and O–H groups in total. The summed E-state index contributed by atoms with van der Waals surface area (Å²) in [5, 5.41) is 3.49. The number of rotatable bonds is 5. The average molecular weight is 232 g/mol. The van der Waals surface area contributed by atoms with Gasteiger partial charge in [-0.1, -0.05) is 0 Å². The van der Waals surface area contributed by atoms with E-state index in [0.29, 0.717) is 0 Å². The van der Waals surface area contributed by atoms with Crippen molar-refractivity contribution >= 4 is 0 Å². The minimum atomic E-state index is 0.826. The highest BCUT2D eigenvalue weighted by Gasteiger charge is 2.33. The van der Waals surface area contributed by atoms with E-state index < -0.39 is 0 Å². The van der Waals surface area contributed by atoms with E-state index in [1.165, 1.54) is 32.4 Å². The molecule has 0 spiro atoms. The Morgan fingerprint density at radius 2 is 2.24 bits per heavy atom. The highest BCUT2D eigenvalue weighted by Crippen LogP contribution is 2.31. The van der Waals surface area contributed by atoms with Crippen LogP contribution in [0.25, 0.3) is 0 Å². The normalized spacial score (nSPS) is 25.3. The summed E-state index contributed by atoms with van der Waals surface area (Å²) in [6.45, 7) is 4.55.